The van der Waals surface area contributed by atoms with Gasteiger partial charge in [-0.05, 0) is 42.1 Å². The monoisotopic (exact) mass is 545 g/mol. The van der Waals surface area contributed by atoms with E-state index < -0.39 is 54.1 Å². The number of carbonyl (C=O) groups is 5. The molecule has 3 atom stereocenters. The number of aliphatic carboxylic acids is 1. The molecule has 38 heavy (non-hydrogen) atoms. The Balaban J connectivity index is 2.09. The van der Waals surface area contributed by atoms with Crippen LogP contribution in [-0.4, -0.2) is 65.1 Å². The highest BCUT2D eigenvalue weighted by Gasteiger charge is 2.29. The van der Waals surface area contributed by atoms with Crippen molar-refractivity contribution in [2.75, 3.05) is 12.3 Å². The Morgan fingerprint density at radius 3 is 2.18 bits per heavy atom. The van der Waals surface area contributed by atoms with E-state index in [2.05, 4.69) is 33.9 Å². The lowest BCUT2D eigenvalue weighted by Gasteiger charge is -2.24. The van der Waals surface area contributed by atoms with Gasteiger partial charge in [0.25, 0.3) is 0 Å². The Morgan fingerprint density at radius 2 is 1.53 bits per heavy atom. The van der Waals surface area contributed by atoms with Gasteiger partial charge in [0.15, 0.2) is 0 Å². The molecule has 0 aromatic heterocycles. The van der Waals surface area contributed by atoms with Crippen LogP contribution in [-0.2, 0) is 30.5 Å². The van der Waals surface area contributed by atoms with Crippen LogP contribution in [0.25, 0.3) is 10.8 Å². The maximum atomic E-state index is 13.1. The first-order valence-electron chi connectivity index (χ1n) is 12.3. The van der Waals surface area contributed by atoms with Gasteiger partial charge in [0, 0.05) is 19.2 Å². The summed E-state index contributed by atoms with van der Waals surface area (Å²) in [5.74, 6) is -3.92. The summed E-state index contributed by atoms with van der Waals surface area (Å²) >= 11 is 4.12. The smallest absolute Gasteiger partial charge is 0.305 e. The molecule has 7 N–H and O–H groups in total. The number of carboxylic acid groups (broad SMARTS) is 1. The lowest BCUT2D eigenvalue weighted by Crippen LogP contribution is -2.57. The summed E-state index contributed by atoms with van der Waals surface area (Å²) in [6.45, 7) is 1.83. The molecule has 0 aliphatic carbocycles. The summed E-state index contributed by atoms with van der Waals surface area (Å²) in [7, 11) is 0. The average molecular weight is 546 g/mol. The van der Waals surface area contributed by atoms with Crippen molar-refractivity contribution in [3.05, 3.63) is 48.0 Å². The number of carbonyl (C=O) groups excluding carboxylic acids is 4. The van der Waals surface area contributed by atoms with E-state index in [1.54, 1.807) is 0 Å². The number of rotatable bonds is 15. The van der Waals surface area contributed by atoms with Gasteiger partial charge in [0.05, 0.1) is 6.42 Å². The van der Waals surface area contributed by atoms with E-state index in [1.807, 2.05) is 42.5 Å². The number of hydrogen-bond donors (Lipinski definition) is 7. The third-order valence-corrected chi connectivity index (χ3v) is 6.17. The first kappa shape index (κ1) is 30.6. The van der Waals surface area contributed by atoms with Crippen molar-refractivity contribution in [1.82, 2.24) is 21.3 Å². The van der Waals surface area contributed by atoms with Gasteiger partial charge in [-0.2, -0.15) is 12.6 Å². The van der Waals surface area contributed by atoms with Gasteiger partial charge in [-0.1, -0.05) is 42.5 Å². The van der Waals surface area contributed by atoms with Crippen molar-refractivity contribution in [2.24, 2.45) is 5.73 Å². The molecule has 2 aromatic rings. The molecular weight excluding hydrogens is 510 g/mol. The fourth-order valence-corrected chi connectivity index (χ4v) is 4.14. The van der Waals surface area contributed by atoms with Crippen LogP contribution in [0.4, 0.5) is 0 Å². The van der Waals surface area contributed by atoms with Gasteiger partial charge >= 0.3 is 5.97 Å². The van der Waals surface area contributed by atoms with Gasteiger partial charge < -0.3 is 32.1 Å². The van der Waals surface area contributed by atoms with E-state index in [1.165, 1.54) is 0 Å². The second-order valence-corrected chi connectivity index (χ2v) is 9.16. The zero-order chi connectivity index (χ0) is 28.1. The number of hydrogen-bond acceptors (Lipinski definition) is 7. The van der Waals surface area contributed by atoms with Crippen LogP contribution in [0.5, 0.6) is 0 Å². The largest absolute Gasteiger partial charge is 0.481 e. The molecule has 0 bridgehead atoms. The Bertz CT molecular complexity index is 1120. The molecule has 0 aliphatic rings. The molecular formula is C26H35N5O6S. The highest BCUT2D eigenvalue weighted by molar-refractivity contribution is 7.80. The van der Waals surface area contributed by atoms with Crippen LogP contribution in [0.2, 0.25) is 0 Å². The summed E-state index contributed by atoms with van der Waals surface area (Å²) < 4.78 is 0. The van der Waals surface area contributed by atoms with Crippen LogP contribution in [0.3, 0.4) is 0 Å². The summed E-state index contributed by atoms with van der Waals surface area (Å²) in [6, 6.07) is 10.2. The first-order valence-corrected chi connectivity index (χ1v) is 12.9. The molecule has 0 fully saturated rings. The van der Waals surface area contributed by atoms with Crippen molar-refractivity contribution in [3.63, 3.8) is 0 Å². The summed E-state index contributed by atoms with van der Waals surface area (Å²) in [5.41, 5.74) is 6.51. The van der Waals surface area contributed by atoms with E-state index >= 15 is 0 Å². The van der Waals surface area contributed by atoms with Crippen LogP contribution in [0.1, 0.15) is 38.2 Å². The zero-order valence-corrected chi connectivity index (χ0v) is 22.1. The molecule has 1 unspecified atom stereocenters. The van der Waals surface area contributed by atoms with Crippen LogP contribution >= 0.6 is 12.6 Å². The van der Waals surface area contributed by atoms with Gasteiger partial charge in [-0.25, -0.2) is 0 Å². The highest BCUT2D eigenvalue weighted by atomic mass is 32.1. The van der Waals surface area contributed by atoms with Gasteiger partial charge in [0.1, 0.15) is 18.1 Å². The molecule has 0 spiro atoms. The minimum atomic E-state index is -1.37. The van der Waals surface area contributed by atoms with E-state index in [0.29, 0.717) is 25.8 Å². The Hall–Kier alpha value is -3.64. The minimum absolute atomic E-state index is 0.120. The number of carboxylic acids is 1. The number of benzene rings is 2. The average Bonchev–Trinajstić information content (AvgIpc) is 2.88. The zero-order valence-electron chi connectivity index (χ0n) is 21.2. The molecule has 0 radical (unpaired) electrons. The van der Waals surface area contributed by atoms with Crippen LogP contribution < -0.4 is 27.0 Å². The normalized spacial score (nSPS) is 13.1. The van der Waals surface area contributed by atoms with Crippen molar-refractivity contribution < 1.29 is 29.1 Å². The number of fused-ring (bicyclic) bond motifs is 1. The molecule has 2 rings (SSSR count). The number of nitrogens with two attached hydrogens (primary N) is 1. The Morgan fingerprint density at radius 1 is 0.868 bits per heavy atom. The molecule has 2 aromatic carbocycles. The fourth-order valence-electron chi connectivity index (χ4n) is 3.88. The van der Waals surface area contributed by atoms with Crippen molar-refractivity contribution in [1.29, 1.82) is 0 Å². The van der Waals surface area contributed by atoms with Crippen molar-refractivity contribution >= 4 is 53.0 Å². The second-order valence-electron chi connectivity index (χ2n) is 8.80. The highest BCUT2D eigenvalue weighted by Crippen LogP contribution is 2.18. The topological polar surface area (TPSA) is 180 Å². The molecule has 4 amide bonds. The second kappa shape index (κ2) is 15.6. The van der Waals surface area contributed by atoms with Gasteiger partial charge in [0.2, 0.25) is 23.6 Å². The molecule has 0 saturated carbocycles. The number of thiol groups is 1. The molecule has 206 valence electrons. The van der Waals surface area contributed by atoms with Crippen LogP contribution in [0.15, 0.2) is 42.5 Å². The third kappa shape index (κ3) is 9.67. The standard InChI is InChI=1S/C26H35N5O6S/c1-16(32)29-21(13-23(33)34)25(36)31-22(15-38)26(37)30-20(11-4-5-12-27)24(35)28-14-18-9-6-8-17-7-2-3-10-19(17)18/h2-3,6-10,20-22,38H,4-5,11-15,27H2,1H3,(H,28,35)(H,29,32)(H,30,37)(H,31,36)(H,33,34)/t20-,21-,22?/m0/s1. The number of amides is 4. The summed E-state index contributed by atoms with van der Waals surface area (Å²) in [4.78, 5) is 61.1. The number of unbranched alkanes of at least 4 members (excludes halogenated alkanes) is 1. The summed E-state index contributed by atoms with van der Waals surface area (Å²) in [5, 5.41) is 21.3. The third-order valence-electron chi connectivity index (χ3n) is 5.80. The molecule has 0 aliphatic heterocycles. The maximum Gasteiger partial charge on any atom is 0.305 e. The van der Waals surface area contributed by atoms with Gasteiger partial charge in [-0.15, -0.1) is 0 Å². The molecule has 0 saturated heterocycles. The van der Waals surface area contributed by atoms with Crippen molar-refractivity contribution in [3.8, 4) is 0 Å². The lowest BCUT2D eigenvalue weighted by atomic mass is 10.0. The van der Waals surface area contributed by atoms with E-state index in [0.717, 1.165) is 23.3 Å². The lowest BCUT2D eigenvalue weighted by molar-refractivity contribution is -0.141. The maximum absolute atomic E-state index is 13.1. The Kier molecular flexibility index (Phi) is 12.5. The number of nitrogens with one attached hydrogen (secondary N) is 4. The fraction of sp³-hybridized carbons (Fsp3) is 0.423. The predicted molar refractivity (Wildman–Crippen MR) is 146 cm³/mol. The van der Waals surface area contributed by atoms with Crippen LogP contribution in [0, 0.1) is 0 Å². The van der Waals surface area contributed by atoms with Crippen molar-refractivity contribution in [2.45, 2.75) is 57.3 Å². The summed E-state index contributed by atoms with van der Waals surface area (Å²) in [6.07, 6.45) is 0.906. The van der Waals surface area contributed by atoms with E-state index in [-0.39, 0.29) is 12.3 Å². The molecule has 12 heteroatoms. The quantitative estimate of drug-likeness (QED) is 0.125. The Labute approximate surface area is 226 Å². The van der Waals surface area contributed by atoms with E-state index in [9.17, 15) is 24.0 Å². The SMILES string of the molecule is CC(=O)N[C@@H](CC(=O)O)C(=O)NC(CS)C(=O)N[C@@H](CCCCN)C(=O)NCc1cccc2ccccc12. The predicted octanol–water partition coefficient (Wildman–Crippen LogP) is 0.464. The van der Waals surface area contributed by atoms with Gasteiger partial charge in [-0.3, -0.25) is 24.0 Å². The minimum Gasteiger partial charge on any atom is -0.481 e. The van der Waals surface area contributed by atoms with E-state index in [4.69, 9.17) is 10.8 Å². The first-order chi connectivity index (χ1) is 18.2. The molecule has 11 nitrogen and oxygen atoms in total. The molecule has 0 heterocycles.